The number of aromatic nitrogens is 2. The van der Waals surface area contributed by atoms with Gasteiger partial charge in [0.1, 0.15) is 11.1 Å². The van der Waals surface area contributed by atoms with Crippen LogP contribution in [0.5, 0.6) is 11.5 Å². The van der Waals surface area contributed by atoms with Gasteiger partial charge in [0.25, 0.3) is 5.91 Å². The van der Waals surface area contributed by atoms with Gasteiger partial charge in [-0.15, -0.1) is 10.2 Å². The minimum atomic E-state index is -1.47. The highest BCUT2D eigenvalue weighted by molar-refractivity contribution is 7.15. The van der Waals surface area contributed by atoms with Crippen molar-refractivity contribution in [2.75, 3.05) is 44.8 Å². The molecule has 1 aromatic heterocycles. The van der Waals surface area contributed by atoms with Crippen LogP contribution in [0.1, 0.15) is 37.3 Å². The third-order valence-electron chi connectivity index (χ3n) is 7.22. The molecule has 0 radical (unpaired) electrons. The van der Waals surface area contributed by atoms with Crippen molar-refractivity contribution in [1.82, 2.24) is 15.1 Å². The standard InChI is InChI=1S/C24H34N4O6S/c1-5-21-25-26-23(35-21)27-9-16(10-27)34-20-8-15(6-7-19(20)33-4)17-11-28(22(32)18(31)12-29)13-24(17,3)14(2)30/h6-8,14,16-18,29-31H,5,9-13H2,1-4H3/t14?,17-,18?,24-/m0/s1. The van der Waals surface area contributed by atoms with Crippen LogP contribution < -0.4 is 14.4 Å². The SMILES string of the molecule is CCc1nnc(N2CC(Oc3cc([C@@H]4CN(C(=O)C(O)CO)C[C@@]4(C)C(C)O)ccc3OC)C2)s1. The number of carbonyl (C=O) groups excluding carboxylic acids is 1. The molecule has 1 aromatic carbocycles. The largest absolute Gasteiger partial charge is 0.493 e. The maximum Gasteiger partial charge on any atom is 0.253 e. The molecule has 11 heteroatoms. The maximum absolute atomic E-state index is 12.6. The average molecular weight is 507 g/mol. The molecular weight excluding hydrogens is 472 g/mol. The zero-order chi connectivity index (χ0) is 25.3. The fraction of sp³-hybridized carbons (Fsp3) is 0.625. The van der Waals surface area contributed by atoms with Gasteiger partial charge in [-0.05, 0) is 31.0 Å². The van der Waals surface area contributed by atoms with Crippen molar-refractivity contribution in [3.63, 3.8) is 0 Å². The molecule has 3 N–H and O–H groups in total. The molecule has 2 aliphatic heterocycles. The molecule has 35 heavy (non-hydrogen) atoms. The third-order valence-corrected chi connectivity index (χ3v) is 8.34. The molecule has 2 aromatic rings. The van der Waals surface area contributed by atoms with Crippen molar-refractivity contribution in [1.29, 1.82) is 0 Å². The molecule has 0 spiro atoms. The van der Waals surface area contributed by atoms with Crippen molar-refractivity contribution in [3.05, 3.63) is 28.8 Å². The first-order chi connectivity index (χ1) is 16.7. The van der Waals surface area contributed by atoms with E-state index in [1.165, 1.54) is 4.90 Å². The first-order valence-electron chi connectivity index (χ1n) is 11.9. The number of hydrogen-bond donors (Lipinski definition) is 3. The van der Waals surface area contributed by atoms with Gasteiger partial charge in [0.15, 0.2) is 17.6 Å². The van der Waals surface area contributed by atoms with Gasteiger partial charge in [-0.25, -0.2) is 0 Å². The molecule has 1 amide bonds. The lowest BCUT2D eigenvalue weighted by Gasteiger charge is -2.39. The van der Waals surface area contributed by atoms with E-state index >= 15 is 0 Å². The quantitative estimate of drug-likeness (QED) is 0.457. The van der Waals surface area contributed by atoms with Crippen molar-refractivity contribution >= 4 is 22.4 Å². The summed E-state index contributed by atoms with van der Waals surface area (Å²) >= 11 is 1.59. The van der Waals surface area contributed by atoms with E-state index in [0.29, 0.717) is 31.1 Å². The number of amides is 1. The summed E-state index contributed by atoms with van der Waals surface area (Å²) in [5.41, 5.74) is 0.268. The highest BCUT2D eigenvalue weighted by Crippen LogP contribution is 2.47. The first-order valence-corrected chi connectivity index (χ1v) is 12.7. The summed E-state index contributed by atoms with van der Waals surface area (Å²) in [4.78, 5) is 16.2. The Morgan fingerprint density at radius 3 is 2.60 bits per heavy atom. The molecule has 4 atom stereocenters. The van der Waals surface area contributed by atoms with E-state index in [9.17, 15) is 20.1 Å². The van der Waals surface area contributed by atoms with Crippen molar-refractivity contribution in [2.24, 2.45) is 5.41 Å². The van der Waals surface area contributed by atoms with Gasteiger partial charge >= 0.3 is 0 Å². The van der Waals surface area contributed by atoms with E-state index in [0.717, 1.165) is 22.1 Å². The van der Waals surface area contributed by atoms with Gasteiger partial charge in [-0.2, -0.15) is 0 Å². The second-order valence-electron chi connectivity index (χ2n) is 9.54. The minimum absolute atomic E-state index is 0.0300. The van der Waals surface area contributed by atoms with Gasteiger partial charge in [-0.1, -0.05) is 31.3 Å². The summed E-state index contributed by atoms with van der Waals surface area (Å²) in [5.74, 6) is 0.479. The predicted octanol–water partition coefficient (Wildman–Crippen LogP) is 1.04. The second kappa shape index (κ2) is 10.3. The summed E-state index contributed by atoms with van der Waals surface area (Å²) < 4.78 is 11.8. The minimum Gasteiger partial charge on any atom is -0.493 e. The summed E-state index contributed by atoms with van der Waals surface area (Å²) in [6.45, 7) is 7.05. The Hall–Kier alpha value is -2.47. The highest BCUT2D eigenvalue weighted by atomic mass is 32.1. The number of rotatable bonds is 9. The zero-order valence-electron chi connectivity index (χ0n) is 20.5. The molecule has 3 heterocycles. The molecule has 10 nitrogen and oxygen atoms in total. The lowest BCUT2D eigenvalue weighted by atomic mass is 9.72. The van der Waals surface area contributed by atoms with Gasteiger partial charge in [-0.3, -0.25) is 4.79 Å². The van der Waals surface area contributed by atoms with Crippen molar-refractivity contribution in [3.8, 4) is 11.5 Å². The molecule has 2 saturated heterocycles. The molecule has 4 rings (SSSR count). The fourth-order valence-corrected chi connectivity index (χ4v) is 5.54. The first kappa shape index (κ1) is 25.6. The van der Waals surface area contributed by atoms with Gasteiger partial charge < -0.3 is 34.6 Å². The highest BCUT2D eigenvalue weighted by Gasteiger charge is 2.49. The zero-order valence-corrected chi connectivity index (χ0v) is 21.4. The average Bonchev–Trinajstić information content (AvgIpc) is 3.45. The van der Waals surface area contributed by atoms with Crippen molar-refractivity contribution < 1.29 is 29.6 Å². The van der Waals surface area contributed by atoms with E-state index < -0.39 is 30.1 Å². The number of nitrogens with zero attached hydrogens (tertiary/aromatic N) is 4. The van der Waals surface area contributed by atoms with Crippen LogP contribution in [-0.2, 0) is 11.2 Å². The second-order valence-corrected chi connectivity index (χ2v) is 10.6. The fourth-order valence-electron chi connectivity index (χ4n) is 4.75. The van der Waals surface area contributed by atoms with Gasteiger partial charge in [0.05, 0.1) is 32.9 Å². The molecule has 0 saturated carbocycles. The Labute approximate surface area is 209 Å². The summed E-state index contributed by atoms with van der Waals surface area (Å²) in [6, 6.07) is 5.69. The number of carbonyl (C=O) groups is 1. The number of aryl methyl sites for hydroxylation is 1. The van der Waals surface area contributed by atoms with Gasteiger partial charge in [0.2, 0.25) is 5.13 Å². The number of aliphatic hydroxyl groups is 3. The Morgan fingerprint density at radius 1 is 1.26 bits per heavy atom. The maximum atomic E-state index is 12.6. The Kier molecular flexibility index (Phi) is 7.51. The number of aliphatic hydroxyl groups excluding tert-OH is 3. The van der Waals surface area contributed by atoms with Crippen LogP contribution in [0.2, 0.25) is 0 Å². The number of anilines is 1. The number of likely N-dealkylation sites (tertiary alicyclic amines) is 1. The molecular formula is C24H34N4O6S. The third kappa shape index (κ3) is 4.95. The summed E-state index contributed by atoms with van der Waals surface area (Å²) in [6.07, 6.45) is -1.34. The molecule has 0 aliphatic carbocycles. The van der Waals surface area contributed by atoms with Crippen LogP contribution in [0, 0.1) is 5.41 Å². The Bertz CT molecular complexity index is 1040. The van der Waals surface area contributed by atoms with Crippen molar-refractivity contribution in [2.45, 2.75) is 51.4 Å². The summed E-state index contributed by atoms with van der Waals surface area (Å²) in [7, 11) is 1.59. The topological polar surface area (TPSA) is 128 Å². The van der Waals surface area contributed by atoms with Crippen LogP contribution >= 0.6 is 11.3 Å². The van der Waals surface area contributed by atoms with Crippen LogP contribution in [-0.4, -0.2) is 94.5 Å². The predicted molar refractivity (Wildman–Crippen MR) is 131 cm³/mol. The lowest BCUT2D eigenvalue weighted by molar-refractivity contribution is -0.141. The number of ether oxygens (including phenoxy) is 2. The van der Waals surface area contributed by atoms with E-state index in [-0.39, 0.29) is 18.6 Å². The molecule has 2 fully saturated rings. The van der Waals surface area contributed by atoms with Gasteiger partial charge in [0, 0.05) is 24.4 Å². The monoisotopic (exact) mass is 506 g/mol. The van der Waals surface area contributed by atoms with E-state index in [1.807, 2.05) is 25.1 Å². The number of hydrogen-bond acceptors (Lipinski definition) is 10. The lowest BCUT2D eigenvalue weighted by Crippen LogP contribution is -2.54. The molecule has 0 bridgehead atoms. The summed E-state index contributed by atoms with van der Waals surface area (Å²) in [5, 5.41) is 40.1. The van der Waals surface area contributed by atoms with Crippen LogP contribution in [0.25, 0.3) is 0 Å². The number of methoxy groups -OCH3 is 1. The van der Waals surface area contributed by atoms with Crippen LogP contribution in [0.4, 0.5) is 5.13 Å². The molecule has 2 unspecified atom stereocenters. The van der Waals surface area contributed by atoms with E-state index in [1.54, 1.807) is 25.4 Å². The normalized spacial score (nSPS) is 24.3. The van der Waals surface area contributed by atoms with Crippen LogP contribution in [0.15, 0.2) is 18.2 Å². The number of benzene rings is 1. The Morgan fingerprint density at radius 2 is 2.00 bits per heavy atom. The molecule has 2 aliphatic rings. The van der Waals surface area contributed by atoms with E-state index in [2.05, 4.69) is 22.0 Å². The molecule has 192 valence electrons. The van der Waals surface area contributed by atoms with Crippen LogP contribution in [0.3, 0.4) is 0 Å². The smallest absolute Gasteiger partial charge is 0.253 e. The van der Waals surface area contributed by atoms with E-state index in [4.69, 9.17) is 9.47 Å². The Balaban J connectivity index is 1.51.